The second-order valence-electron chi connectivity index (χ2n) is 40.7. The van der Waals surface area contributed by atoms with E-state index in [0.29, 0.717) is 0 Å². The van der Waals surface area contributed by atoms with Crippen LogP contribution in [-0.4, -0.2) is 20.2 Å². The second kappa shape index (κ2) is 26.4. The minimum Gasteiger partial charge on any atom is -0.355 e. The van der Waals surface area contributed by atoms with Gasteiger partial charge in [-0.05, 0) is 229 Å². The fourth-order valence-corrected chi connectivity index (χ4v) is 20.0. The molecule has 0 radical (unpaired) electrons. The SMILES string of the molecule is CC(C)(C)c1cccc(-c2cc(C(C)(C)C)ccc2Nc2ccc3c(c2)c2cc(-n4c5ccc(C(C)(C)C)cc5c5cc(C(C)(C)C)ccc54)cc4c2n3-c2cc3c(c5c2B4c2ccc(-c4cc(C(C)(C)C)cc(C(C)(C)C)c4)cc2N5c2ccc(-c4ccccc4)cc2)c2cccc4c5ccccc5c5ccccc5c5ccccc5n3c42)c1. The Morgan fingerprint density at radius 1 is 0.258 bits per heavy atom. The monoisotopic (exact) mass is 1550 g/mol. The molecule has 0 amide bonds. The Kier molecular flexibility index (Phi) is 16.5. The van der Waals surface area contributed by atoms with Gasteiger partial charge in [0.05, 0.1) is 38.8 Å². The molecule has 0 aliphatic carbocycles. The van der Waals surface area contributed by atoms with E-state index >= 15 is 0 Å². The summed E-state index contributed by atoms with van der Waals surface area (Å²) in [6.45, 7) is 41.9. The first-order chi connectivity index (χ1) is 57.3. The molecule has 0 unspecified atom stereocenters. The van der Waals surface area contributed by atoms with E-state index in [1.807, 2.05) is 0 Å². The van der Waals surface area contributed by atoms with Gasteiger partial charge in [0, 0.05) is 88.3 Å². The van der Waals surface area contributed by atoms with Gasteiger partial charge in [-0.15, -0.1) is 0 Å². The lowest BCUT2D eigenvalue weighted by Crippen LogP contribution is -2.60. The Balaban J connectivity index is 0.951. The van der Waals surface area contributed by atoms with Gasteiger partial charge in [0.2, 0.25) is 0 Å². The fourth-order valence-electron chi connectivity index (χ4n) is 20.0. The normalized spacial score (nSPS) is 13.4. The quantitative estimate of drug-likeness (QED) is 0.161. The van der Waals surface area contributed by atoms with Gasteiger partial charge in [-0.1, -0.05) is 325 Å². The highest BCUT2D eigenvalue weighted by Crippen LogP contribution is 2.52. The predicted octanol–water partition coefficient (Wildman–Crippen LogP) is 29.6. The van der Waals surface area contributed by atoms with E-state index in [9.17, 15) is 0 Å². The molecule has 21 rings (SSSR count). The first-order valence-corrected chi connectivity index (χ1v) is 43.2. The molecule has 19 aromatic rings. The summed E-state index contributed by atoms with van der Waals surface area (Å²) in [5.41, 5.74) is 34.3. The molecule has 0 atom stereocenters. The number of aromatic nitrogens is 3. The van der Waals surface area contributed by atoms with Gasteiger partial charge in [0.1, 0.15) is 0 Å². The Morgan fingerprint density at radius 3 is 1.38 bits per heavy atom. The number of anilines is 5. The van der Waals surface area contributed by atoms with E-state index in [4.69, 9.17) is 0 Å². The number of nitrogens with zero attached hydrogens (tertiary/aromatic N) is 4. The standard InChI is InChI=1S/C114H104BN5/c1-109(2,3)73-33-28-32-71(56-73)89-61-74(110(4,5)6)45-52-96(89)116-79-48-55-100-92(64-79)93-65-81(117-98-53-46-75(111(7,8)9)62-90(98)91-63-76(112(10,11)12)47-54-99(91)117)66-95-107(93)120(100)103-67-102-104(88-40-29-39-87-85-37-25-23-35-83(85)82-34-22-24-36-84(82)86-38-26-27-41-97(86)119(102)106(87)88)108-105(103)115(95)94-51-44-70(72-57-77(113(13,14)15)60-78(58-72)114(16,17)18)59-101(94)118(108)80-49-42-69(43-50-80)68-30-20-19-21-31-68/h19-67,116H,1-18H3. The van der Waals surface area contributed by atoms with Crippen LogP contribution in [0.1, 0.15) is 158 Å². The molecule has 6 heterocycles. The zero-order valence-corrected chi connectivity index (χ0v) is 72.7. The van der Waals surface area contributed by atoms with Crippen molar-refractivity contribution in [1.29, 1.82) is 0 Å². The average Bonchev–Trinajstić information content (AvgIpc) is 1.47. The maximum absolute atomic E-state index is 4.18. The van der Waals surface area contributed by atoms with Crippen LogP contribution in [0.15, 0.2) is 297 Å². The topological polar surface area (TPSA) is 29.5 Å². The average molecular weight is 1550 g/mol. The van der Waals surface area contributed by atoms with Crippen molar-refractivity contribution >= 4 is 155 Å². The number of hydrogen-bond donors (Lipinski definition) is 1. The van der Waals surface area contributed by atoms with E-state index in [1.165, 1.54) is 176 Å². The Morgan fingerprint density at radius 2 is 0.750 bits per heavy atom. The highest BCUT2D eigenvalue weighted by Gasteiger charge is 2.45. The van der Waals surface area contributed by atoms with Crippen molar-refractivity contribution in [3.8, 4) is 44.8 Å². The number of nitrogens with one attached hydrogen (secondary N) is 1. The van der Waals surface area contributed by atoms with Crippen molar-refractivity contribution in [2.75, 3.05) is 10.2 Å². The van der Waals surface area contributed by atoms with E-state index in [2.05, 4.69) is 446 Å². The van der Waals surface area contributed by atoms with Crippen molar-refractivity contribution < 1.29 is 0 Å². The van der Waals surface area contributed by atoms with Crippen molar-refractivity contribution in [3.05, 3.63) is 331 Å². The smallest absolute Gasteiger partial charge is 0.252 e. The van der Waals surface area contributed by atoms with Crippen LogP contribution in [0.5, 0.6) is 0 Å². The van der Waals surface area contributed by atoms with E-state index in [1.54, 1.807) is 0 Å². The fraction of sp³-hybridized carbons (Fsp3) is 0.211. The summed E-state index contributed by atoms with van der Waals surface area (Å²) in [5, 5.41) is 18.7. The third-order valence-corrected chi connectivity index (χ3v) is 26.6. The predicted molar refractivity (Wildman–Crippen MR) is 520 cm³/mol. The summed E-state index contributed by atoms with van der Waals surface area (Å²) in [5.74, 6) is 0. The maximum atomic E-state index is 4.18. The van der Waals surface area contributed by atoms with Gasteiger partial charge in [-0.3, -0.25) is 0 Å². The minimum atomic E-state index is -0.285. The molecule has 1 N–H and O–H groups in total. The Hall–Kier alpha value is -12.6. The van der Waals surface area contributed by atoms with E-state index in [-0.39, 0.29) is 39.2 Å². The number of benzene rings is 15. The van der Waals surface area contributed by atoms with Crippen LogP contribution in [0, 0.1) is 0 Å². The summed E-state index contributed by atoms with van der Waals surface area (Å²) in [4.78, 5) is 2.72. The first-order valence-electron chi connectivity index (χ1n) is 43.2. The van der Waals surface area contributed by atoms with Crippen LogP contribution in [-0.2, 0) is 32.5 Å². The first kappa shape index (κ1) is 74.9. The molecule has 6 heteroatoms. The number of hydrogen-bond acceptors (Lipinski definition) is 2. The summed E-state index contributed by atoms with van der Waals surface area (Å²) in [7, 11) is 0. The van der Waals surface area contributed by atoms with Crippen LogP contribution in [0.4, 0.5) is 28.4 Å². The molecule has 15 aromatic carbocycles. The van der Waals surface area contributed by atoms with Crippen LogP contribution < -0.4 is 26.6 Å². The summed E-state index contributed by atoms with van der Waals surface area (Å²) < 4.78 is 8.01. The molecule has 120 heavy (non-hydrogen) atoms. The van der Waals surface area contributed by atoms with Gasteiger partial charge in [0.15, 0.2) is 0 Å². The third kappa shape index (κ3) is 11.8. The van der Waals surface area contributed by atoms with Crippen molar-refractivity contribution in [2.45, 2.75) is 157 Å². The largest absolute Gasteiger partial charge is 0.355 e. The Bertz CT molecular complexity index is 7500. The number of fused-ring (bicyclic) bond motifs is 21. The molecular weight excluding hydrogens is 1450 g/mol. The molecular formula is C114H104BN5. The van der Waals surface area contributed by atoms with Crippen LogP contribution in [0.2, 0.25) is 0 Å². The van der Waals surface area contributed by atoms with Crippen molar-refractivity contribution in [1.82, 2.24) is 13.5 Å². The highest BCUT2D eigenvalue weighted by atomic mass is 15.2. The van der Waals surface area contributed by atoms with Crippen molar-refractivity contribution in [3.63, 3.8) is 0 Å². The lowest BCUT2D eigenvalue weighted by molar-refractivity contribution is 0.569. The zero-order chi connectivity index (χ0) is 82.9. The van der Waals surface area contributed by atoms with E-state index in [0.717, 1.165) is 50.7 Å². The van der Waals surface area contributed by atoms with Crippen LogP contribution in [0.3, 0.4) is 0 Å². The molecule has 0 spiro atoms. The van der Waals surface area contributed by atoms with Gasteiger partial charge < -0.3 is 23.8 Å². The van der Waals surface area contributed by atoms with Gasteiger partial charge in [-0.2, -0.15) is 0 Å². The molecule has 0 bridgehead atoms. The lowest BCUT2D eigenvalue weighted by Gasteiger charge is -2.41. The molecule has 0 saturated heterocycles. The summed E-state index contributed by atoms with van der Waals surface area (Å²) in [6.07, 6.45) is 0. The van der Waals surface area contributed by atoms with Gasteiger partial charge >= 0.3 is 0 Å². The molecule has 5 nitrogen and oxygen atoms in total. The van der Waals surface area contributed by atoms with Gasteiger partial charge in [-0.25, -0.2) is 0 Å². The number of rotatable bonds is 7. The molecule has 588 valence electrons. The summed E-state index contributed by atoms with van der Waals surface area (Å²) >= 11 is 0. The van der Waals surface area contributed by atoms with E-state index < -0.39 is 0 Å². The zero-order valence-electron chi connectivity index (χ0n) is 72.7. The molecule has 0 fully saturated rings. The Labute approximate surface area is 706 Å². The maximum Gasteiger partial charge on any atom is 0.252 e. The van der Waals surface area contributed by atoms with Gasteiger partial charge in [0.25, 0.3) is 6.71 Å². The molecule has 4 aromatic heterocycles. The van der Waals surface area contributed by atoms with Crippen LogP contribution >= 0.6 is 0 Å². The second-order valence-corrected chi connectivity index (χ2v) is 40.7. The molecule has 2 aliphatic rings. The summed E-state index contributed by atoms with van der Waals surface area (Å²) in [6, 6.07) is 116. The highest BCUT2D eigenvalue weighted by molar-refractivity contribution is 7.00. The third-order valence-electron chi connectivity index (χ3n) is 26.6. The van der Waals surface area contributed by atoms with Crippen LogP contribution in [0.25, 0.3) is 148 Å². The number of para-hydroxylation sites is 2. The lowest BCUT2D eigenvalue weighted by atomic mass is 9.33. The molecule has 0 saturated carbocycles. The van der Waals surface area contributed by atoms with Crippen molar-refractivity contribution in [2.24, 2.45) is 0 Å². The molecule has 2 aliphatic heterocycles. The minimum absolute atomic E-state index is 0.0396.